The topological polar surface area (TPSA) is 52.6 Å². The van der Waals surface area contributed by atoms with Crippen LogP contribution in [-0.2, 0) is 14.3 Å². The highest BCUT2D eigenvalue weighted by Crippen LogP contribution is 2.33. The molecule has 1 aromatic rings. The lowest BCUT2D eigenvalue weighted by molar-refractivity contribution is -0.160. The third-order valence-electron chi connectivity index (χ3n) is 1.75. The van der Waals surface area contributed by atoms with Crippen LogP contribution in [-0.4, -0.2) is 18.5 Å². The van der Waals surface area contributed by atoms with E-state index in [1.54, 1.807) is 0 Å². The molecule has 0 aromatic heterocycles. The van der Waals surface area contributed by atoms with E-state index in [1.807, 2.05) is 0 Å². The summed E-state index contributed by atoms with van der Waals surface area (Å²) in [6, 6.07) is 2.75. The summed E-state index contributed by atoms with van der Waals surface area (Å²) in [6.07, 6.45) is -0.140. The average Bonchev–Trinajstić information content (AvgIpc) is 2.32. The molecule has 0 saturated carbocycles. The predicted octanol–water partition coefficient (Wildman–Crippen LogP) is 3.32. The molecule has 0 N–H and O–H groups in total. The molecule has 1 radical (unpaired) electrons. The molecule has 1 aromatic carbocycles. The van der Waals surface area contributed by atoms with Crippen LogP contribution in [0.25, 0.3) is 0 Å². The number of halogens is 3. The van der Waals surface area contributed by atoms with E-state index >= 15 is 0 Å². The van der Waals surface area contributed by atoms with Crippen molar-refractivity contribution < 1.29 is 19.1 Å². The van der Waals surface area contributed by atoms with Crippen molar-refractivity contribution in [2.75, 3.05) is 6.61 Å². The van der Waals surface area contributed by atoms with Crippen molar-refractivity contribution >= 4 is 46.7 Å². The predicted molar refractivity (Wildman–Crippen MR) is 68.0 cm³/mol. The molecule has 0 atom stereocenters. The Balaban J connectivity index is 2.61. The van der Waals surface area contributed by atoms with Crippen molar-refractivity contribution in [2.24, 2.45) is 0 Å². The molecular weight excluding hydrogens is 302 g/mol. The van der Waals surface area contributed by atoms with Crippen LogP contribution in [0.5, 0.6) is 5.75 Å². The molecule has 0 fully saturated rings. The molecule has 0 aliphatic heterocycles. The van der Waals surface area contributed by atoms with Crippen LogP contribution >= 0.6 is 34.8 Å². The SMILES string of the molecule is [CH2]CC(=O)OC(=O)COc1cc(Cl)c(Cl)cc1Cl. The summed E-state index contributed by atoms with van der Waals surface area (Å²) < 4.78 is 9.41. The molecular formula is C11H8Cl3O4. The number of carbonyl (C=O) groups is 2. The first-order valence-corrected chi connectivity index (χ1v) is 5.87. The Labute approximate surface area is 119 Å². The minimum absolute atomic E-state index is 0.140. The Kier molecular flexibility index (Phi) is 5.72. The fourth-order valence-corrected chi connectivity index (χ4v) is 1.55. The lowest BCUT2D eigenvalue weighted by Crippen LogP contribution is -2.18. The van der Waals surface area contributed by atoms with Gasteiger partial charge in [0.25, 0.3) is 0 Å². The zero-order valence-electron chi connectivity index (χ0n) is 9.04. The van der Waals surface area contributed by atoms with E-state index in [9.17, 15) is 9.59 Å². The van der Waals surface area contributed by atoms with E-state index in [4.69, 9.17) is 39.5 Å². The Bertz CT molecular complexity index is 474. The molecule has 0 heterocycles. The van der Waals surface area contributed by atoms with Gasteiger partial charge in [0, 0.05) is 12.5 Å². The second-order valence-electron chi connectivity index (χ2n) is 3.08. The van der Waals surface area contributed by atoms with Gasteiger partial charge in [-0.15, -0.1) is 0 Å². The Morgan fingerprint density at radius 3 is 2.28 bits per heavy atom. The maximum Gasteiger partial charge on any atom is 0.351 e. The second kappa shape index (κ2) is 6.83. The zero-order chi connectivity index (χ0) is 13.7. The van der Waals surface area contributed by atoms with Crippen molar-refractivity contribution in [2.45, 2.75) is 6.42 Å². The first kappa shape index (κ1) is 15.1. The molecule has 0 saturated heterocycles. The van der Waals surface area contributed by atoms with Gasteiger partial charge < -0.3 is 9.47 Å². The second-order valence-corrected chi connectivity index (χ2v) is 4.30. The highest BCUT2D eigenvalue weighted by atomic mass is 35.5. The molecule has 1 rings (SSSR count). The minimum Gasteiger partial charge on any atom is -0.480 e. The van der Waals surface area contributed by atoms with E-state index in [2.05, 4.69) is 11.7 Å². The molecule has 0 bridgehead atoms. The molecule has 0 spiro atoms. The number of rotatable bonds is 4. The maximum absolute atomic E-state index is 11.2. The van der Waals surface area contributed by atoms with E-state index in [-0.39, 0.29) is 27.2 Å². The van der Waals surface area contributed by atoms with Crippen molar-refractivity contribution in [3.05, 3.63) is 34.1 Å². The van der Waals surface area contributed by atoms with Gasteiger partial charge in [0.15, 0.2) is 6.61 Å². The lowest BCUT2D eigenvalue weighted by atomic mass is 10.3. The molecule has 7 heteroatoms. The van der Waals surface area contributed by atoms with Crippen LogP contribution in [0.1, 0.15) is 6.42 Å². The van der Waals surface area contributed by atoms with Crippen LogP contribution in [0.15, 0.2) is 12.1 Å². The van der Waals surface area contributed by atoms with E-state index < -0.39 is 18.5 Å². The number of carbonyl (C=O) groups excluding carboxylic acids is 2. The van der Waals surface area contributed by atoms with Crippen molar-refractivity contribution in [3.63, 3.8) is 0 Å². The maximum atomic E-state index is 11.2. The van der Waals surface area contributed by atoms with Gasteiger partial charge in [-0.05, 0) is 13.0 Å². The summed E-state index contributed by atoms with van der Waals surface area (Å²) in [5, 5.41) is 0.697. The largest absolute Gasteiger partial charge is 0.480 e. The summed E-state index contributed by atoms with van der Waals surface area (Å²) in [6.45, 7) is 2.80. The molecule has 0 amide bonds. The zero-order valence-corrected chi connectivity index (χ0v) is 11.3. The molecule has 97 valence electrons. The summed E-state index contributed by atoms with van der Waals surface area (Å²) in [5.74, 6) is -1.40. The fraction of sp³-hybridized carbons (Fsp3) is 0.182. The molecule has 4 nitrogen and oxygen atoms in total. The van der Waals surface area contributed by atoms with Gasteiger partial charge in [-0.2, -0.15) is 0 Å². The van der Waals surface area contributed by atoms with Crippen LogP contribution in [0, 0.1) is 6.92 Å². The van der Waals surface area contributed by atoms with Crippen LogP contribution in [0.3, 0.4) is 0 Å². The number of ether oxygens (including phenoxy) is 2. The fourth-order valence-electron chi connectivity index (χ4n) is 0.959. The highest BCUT2D eigenvalue weighted by molar-refractivity contribution is 6.43. The Morgan fingerprint density at radius 2 is 1.67 bits per heavy atom. The van der Waals surface area contributed by atoms with Gasteiger partial charge in [0.05, 0.1) is 15.1 Å². The van der Waals surface area contributed by atoms with Crippen LogP contribution < -0.4 is 4.74 Å². The number of hydrogen-bond acceptors (Lipinski definition) is 4. The molecule has 0 unspecified atom stereocenters. The van der Waals surface area contributed by atoms with Gasteiger partial charge in [0.2, 0.25) is 0 Å². The van der Waals surface area contributed by atoms with Crippen LogP contribution in [0.2, 0.25) is 15.1 Å². The van der Waals surface area contributed by atoms with Gasteiger partial charge in [-0.25, -0.2) is 4.79 Å². The first-order valence-electron chi connectivity index (χ1n) is 4.74. The van der Waals surface area contributed by atoms with Crippen LogP contribution in [0.4, 0.5) is 0 Å². The highest BCUT2D eigenvalue weighted by Gasteiger charge is 2.12. The summed E-state index contributed by atoms with van der Waals surface area (Å²) in [4.78, 5) is 21.9. The normalized spacial score (nSPS) is 10.0. The van der Waals surface area contributed by atoms with Gasteiger partial charge in [0.1, 0.15) is 5.75 Å². The van der Waals surface area contributed by atoms with E-state index in [0.717, 1.165) is 0 Å². The van der Waals surface area contributed by atoms with Crippen molar-refractivity contribution in [1.29, 1.82) is 0 Å². The van der Waals surface area contributed by atoms with Crippen molar-refractivity contribution in [3.8, 4) is 5.75 Å². The quantitative estimate of drug-likeness (QED) is 0.486. The molecule has 18 heavy (non-hydrogen) atoms. The summed E-state index contributed by atoms with van der Waals surface area (Å²) >= 11 is 17.3. The minimum atomic E-state index is -0.842. The molecule has 0 aliphatic carbocycles. The average molecular weight is 311 g/mol. The van der Waals surface area contributed by atoms with Crippen molar-refractivity contribution in [1.82, 2.24) is 0 Å². The molecule has 0 aliphatic rings. The summed E-state index contributed by atoms with van der Waals surface area (Å²) in [5.41, 5.74) is 0. The van der Waals surface area contributed by atoms with E-state index in [0.29, 0.717) is 0 Å². The third-order valence-corrected chi connectivity index (χ3v) is 2.77. The van der Waals surface area contributed by atoms with Gasteiger partial charge in [-0.3, -0.25) is 4.79 Å². The lowest BCUT2D eigenvalue weighted by Gasteiger charge is -2.08. The van der Waals surface area contributed by atoms with Gasteiger partial charge >= 0.3 is 11.9 Å². The smallest absolute Gasteiger partial charge is 0.351 e. The van der Waals surface area contributed by atoms with E-state index in [1.165, 1.54) is 12.1 Å². The number of hydrogen-bond donors (Lipinski definition) is 0. The first-order chi connectivity index (χ1) is 8.43. The third kappa shape index (κ3) is 4.37. The number of benzene rings is 1. The standard InChI is InChI=1S/C11H8Cl3O4/c1-2-10(15)18-11(16)5-17-9-4-7(13)6(12)3-8(9)14/h3-4H,1-2,5H2. The Morgan fingerprint density at radius 1 is 1.06 bits per heavy atom. The Hall–Kier alpha value is -0.970. The van der Waals surface area contributed by atoms with Gasteiger partial charge in [-0.1, -0.05) is 34.8 Å². The summed E-state index contributed by atoms with van der Waals surface area (Å²) in [7, 11) is 0. The monoisotopic (exact) mass is 309 g/mol. The number of esters is 2.